The Morgan fingerprint density at radius 2 is 1.74 bits per heavy atom. The highest BCUT2D eigenvalue weighted by Gasteiger charge is 2.67. The van der Waals surface area contributed by atoms with Crippen molar-refractivity contribution in [3.8, 4) is 0 Å². The molecule has 0 aromatic heterocycles. The molecular weight excluding hydrogens is 408 g/mol. The van der Waals surface area contributed by atoms with Gasteiger partial charge in [0.25, 0.3) is 0 Å². The van der Waals surface area contributed by atoms with Crippen molar-refractivity contribution in [2.24, 2.45) is 11.8 Å². The summed E-state index contributed by atoms with van der Waals surface area (Å²) in [6.07, 6.45) is 3.94. The average molecular weight is 441 g/mol. The monoisotopic (exact) mass is 440 g/mol. The van der Waals surface area contributed by atoms with E-state index in [1.165, 1.54) is 17.4 Å². The molecule has 0 radical (unpaired) electrons. The largest absolute Gasteiger partial charge is 0.389 e. The SMILES string of the molecule is CCC1(c2cccc(NS(C)(=O)=O)c2)C2CN(CC3(O)CC(c4ccccc4)C3)CC21. The van der Waals surface area contributed by atoms with Crippen LogP contribution in [0.4, 0.5) is 5.69 Å². The van der Waals surface area contributed by atoms with Gasteiger partial charge in [-0.1, -0.05) is 49.4 Å². The van der Waals surface area contributed by atoms with Gasteiger partial charge in [-0.05, 0) is 60.3 Å². The van der Waals surface area contributed by atoms with Gasteiger partial charge in [0, 0.05) is 30.7 Å². The third-order valence-corrected chi connectivity index (χ3v) is 8.55. The summed E-state index contributed by atoms with van der Waals surface area (Å²) in [5, 5.41) is 11.0. The molecule has 2 saturated carbocycles. The second-order valence-electron chi connectivity index (χ2n) is 10.00. The zero-order valence-electron chi connectivity index (χ0n) is 18.3. The maximum absolute atomic E-state index is 11.6. The first-order valence-electron chi connectivity index (χ1n) is 11.3. The second kappa shape index (κ2) is 7.32. The van der Waals surface area contributed by atoms with Gasteiger partial charge in [0.05, 0.1) is 11.9 Å². The molecule has 5 nitrogen and oxygen atoms in total. The van der Waals surface area contributed by atoms with Gasteiger partial charge in [-0.15, -0.1) is 0 Å². The number of likely N-dealkylation sites (tertiary alicyclic amines) is 1. The molecule has 3 fully saturated rings. The number of β-amino-alcohol motifs (C(OH)–C–C–N with tert-alkyl or cyclic N) is 1. The summed E-state index contributed by atoms with van der Waals surface area (Å²) >= 11 is 0. The number of nitrogens with zero attached hydrogens (tertiary/aromatic N) is 1. The van der Waals surface area contributed by atoms with Gasteiger partial charge in [0.2, 0.25) is 10.0 Å². The van der Waals surface area contributed by atoms with E-state index in [4.69, 9.17) is 0 Å². The van der Waals surface area contributed by atoms with Gasteiger partial charge in [-0.3, -0.25) is 9.62 Å². The lowest BCUT2D eigenvalue weighted by Gasteiger charge is -2.46. The quantitative estimate of drug-likeness (QED) is 0.691. The normalized spacial score (nSPS) is 34.7. The molecule has 31 heavy (non-hydrogen) atoms. The molecule has 1 aliphatic heterocycles. The smallest absolute Gasteiger partial charge is 0.229 e. The zero-order valence-corrected chi connectivity index (χ0v) is 19.1. The van der Waals surface area contributed by atoms with Crippen molar-refractivity contribution >= 4 is 15.7 Å². The molecule has 2 aromatic carbocycles. The molecule has 0 bridgehead atoms. The van der Waals surface area contributed by atoms with Crippen molar-refractivity contribution in [3.63, 3.8) is 0 Å². The van der Waals surface area contributed by atoms with Gasteiger partial charge in [-0.2, -0.15) is 0 Å². The minimum absolute atomic E-state index is 0.139. The molecule has 2 N–H and O–H groups in total. The summed E-state index contributed by atoms with van der Waals surface area (Å²) in [7, 11) is -3.28. The van der Waals surface area contributed by atoms with Crippen LogP contribution in [0, 0.1) is 11.8 Å². The molecule has 2 aliphatic carbocycles. The van der Waals surface area contributed by atoms with Gasteiger partial charge in [0.1, 0.15) is 0 Å². The van der Waals surface area contributed by atoms with Crippen molar-refractivity contribution in [1.29, 1.82) is 0 Å². The first-order chi connectivity index (χ1) is 14.7. The fraction of sp³-hybridized carbons (Fsp3) is 0.520. The minimum Gasteiger partial charge on any atom is -0.389 e. The summed E-state index contributed by atoms with van der Waals surface area (Å²) in [6, 6.07) is 18.4. The number of anilines is 1. The van der Waals surface area contributed by atoms with E-state index >= 15 is 0 Å². The van der Waals surface area contributed by atoms with E-state index in [-0.39, 0.29) is 5.41 Å². The van der Waals surface area contributed by atoms with E-state index in [0.29, 0.717) is 23.4 Å². The van der Waals surface area contributed by atoms with E-state index in [1.54, 1.807) is 0 Å². The summed E-state index contributed by atoms with van der Waals surface area (Å²) in [5.74, 6) is 1.64. The summed E-state index contributed by atoms with van der Waals surface area (Å²) in [6.45, 7) is 5.03. The first-order valence-corrected chi connectivity index (χ1v) is 13.2. The highest BCUT2D eigenvalue weighted by atomic mass is 32.2. The fourth-order valence-corrected chi connectivity index (χ4v) is 7.11. The lowest BCUT2D eigenvalue weighted by molar-refractivity contribution is -0.0711. The lowest BCUT2D eigenvalue weighted by atomic mass is 9.67. The molecule has 3 aliphatic rings. The number of piperidine rings is 1. The first kappa shape index (κ1) is 21.0. The molecular formula is C25H32N2O3S. The Balaban J connectivity index is 1.22. The van der Waals surface area contributed by atoms with Crippen LogP contribution in [0.5, 0.6) is 0 Å². The number of benzene rings is 2. The highest BCUT2D eigenvalue weighted by Crippen LogP contribution is 2.66. The number of hydrogen-bond donors (Lipinski definition) is 2. The standard InChI is InChI=1S/C25H32N2O3S/c1-3-25(20-10-7-11-21(12-20)26-31(2,29)30)22-15-27(16-23(22)25)17-24(28)13-19(14-24)18-8-5-4-6-9-18/h4-12,19,22-23,26,28H,3,13-17H2,1-2H3. The van der Waals surface area contributed by atoms with Gasteiger partial charge in [-0.25, -0.2) is 8.42 Å². The maximum atomic E-state index is 11.6. The van der Waals surface area contributed by atoms with Gasteiger partial charge >= 0.3 is 0 Å². The maximum Gasteiger partial charge on any atom is 0.229 e. The number of hydrogen-bond acceptors (Lipinski definition) is 4. The predicted molar refractivity (Wildman–Crippen MR) is 124 cm³/mol. The van der Waals surface area contributed by atoms with Crippen LogP contribution in [-0.2, 0) is 15.4 Å². The van der Waals surface area contributed by atoms with Crippen LogP contribution in [0.2, 0.25) is 0 Å². The highest BCUT2D eigenvalue weighted by molar-refractivity contribution is 7.92. The van der Waals surface area contributed by atoms with Crippen LogP contribution in [0.3, 0.4) is 0 Å². The van der Waals surface area contributed by atoms with Crippen molar-refractivity contribution in [3.05, 3.63) is 65.7 Å². The van der Waals surface area contributed by atoms with Crippen LogP contribution in [-0.4, -0.2) is 49.9 Å². The van der Waals surface area contributed by atoms with Crippen LogP contribution < -0.4 is 4.72 Å². The van der Waals surface area contributed by atoms with E-state index in [1.807, 2.05) is 24.3 Å². The number of sulfonamides is 1. The van der Waals surface area contributed by atoms with Gasteiger partial charge in [0.15, 0.2) is 0 Å². The molecule has 1 saturated heterocycles. The molecule has 5 rings (SSSR count). The number of nitrogens with one attached hydrogen (secondary N) is 1. The number of rotatable bonds is 7. The van der Waals surface area contributed by atoms with Crippen LogP contribution >= 0.6 is 0 Å². The molecule has 0 amide bonds. The van der Waals surface area contributed by atoms with E-state index in [2.05, 4.69) is 46.9 Å². The Bertz CT molecular complexity index is 1050. The predicted octanol–water partition coefficient (Wildman–Crippen LogP) is 3.58. The minimum atomic E-state index is -3.28. The van der Waals surface area contributed by atoms with Crippen molar-refractivity contribution in [2.45, 2.75) is 43.1 Å². The lowest BCUT2D eigenvalue weighted by Crippen LogP contribution is -2.51. The molecule has 6 heteroatoms. The zero-order chi connectivity index (χ0) is 21.9. The van der Waals surface area contributed by atoms with Crippen molar-refractivity contribution < 1.29 is 13.5 Å². The Labute approximate surface area is 185 Å². The number of fused-ring (bicyclic) bond motifs is 1. The average Bonchev–Trinajstić information content (AvgIpc) is 3.09. The molecule has 2 atom stereocenters. The molecule has 166 valence electrons. The third-order valence-electron chi connectivity index (χ3n) is 7.94. The second-order valence-corrected chi connectivity index (χ2v) is 11.7. The van der Waals surface area contributed by atoms with Crippen LogP contribution in [0.1, 0.15) is 43.2 Å². The van der Waals surface area contributed by atoms with Crippen molar-refractivity contribution in [2.75, 3.05) is 30.6 Å². The summed E-state index contributed by atoms with van der Waals surface area (Å²) in [5.41, 5.74) is 2.80. The van der Waals surface area contributed by atoms with E-state index < -0.39 is 15.6 Å². The van der Waals surface area contributed by atoms with E-state index in [0.717, 1.165) is 38.9 Å². The molecule has 0 spiro atoms. The fourth-order valence-electron chi connectivity index (χ4n) is 6.55. The summed E-state index contributed by atoms with van der Waals surface area (Å²) < 4.78 is 25.9. The molecule has 2 unspecified atom stereocenters. The molecule has 1 heterocycles. The number of aliphatic hydroxyl groups is 1. The van der Waals surface area contributed by atoms with Crippen LogP contribution in [0.25, 0.3) is 0 Å². The van der Waals surface area contributed by atoms with Gasteiger partial charge < -0.3 is 5.11 Å². The van der Waals surface area contributed by atoms with Crippen LogP contribution in [0.15, 0.2) is 54.6 Å². The third kappa shape index (κ3) is 3.79. The Hall–Kier alpha value is -1.89. The summed E-state index contributed by atoms with van der Waals surface area (Å²) in [4.78, 5) is 2.45. The molecule has 2 aromatic rings. The topological polar surface area (TPSA) is 69.6 Å². The Kier molecular flexibility index (Phi) is 4.96. The van der Waals surface area contributed by atoms with Crippen molar-refractivity contribution in [1.82, 2.24) is 4.90 Å². The Morgan fingerprint density at radius 3 is 2.35 bits per heavy atom. The Morgan fingerprint density at radius 1 is 1.06 bits per heavy atom. The van der Waals surface area contributed by atoms with E-state index in [9.17, 15) is 13.5 Å².